The first kappa shape index (κ1) is 12.7. The van der Waals surface area contributed by atoms with Gasteiger partial charge in [-0.05, 0) is 24.6 Å². The Kier molecular flexibility index (Phi) is 3.18. The monoisotopic (exact) mass is 265 g/mol. The van der Waals surface area contributed by atoms with E-state index in [0.717, 1.165) is 5.69 Å². The van der Waals surface area contributed by atoms with Crippen LogP contribution in [0.5, 0.6) is 0 Å². The normalized spacial score (nSPS) is 21.4. The highest BCUT2D eigenvalue weighted by Gasteiger charge is 2.30. The van der Waals surface area contributed by atoms with Crippen LogP contribution in [0.25, 0.3) is 0 Å². The Labute approximate surface area is 107 Å². The molecule has 1 aromatic rings. The average molecular weight is 265 g/mol. The van der Waals surface area contributed by atoms with Gasteiger partial charge in [-0.25, -0.2) is 8.42 Å². The molecule has 1 aliphatic heterocycles. The van der Waals surface area contributed by atoms with Crippen LogP contribution in [0.4, 0.5) is 11.4 Å². The first-order valence-corrected chi connectivity index (χ1v) is 7.48. The molecule has 1 fully saturated rings. The van der Waals surface area contributed by atoms with Crippen LogP contribution in [0.2, 0.25) is 0 Å². The first-order valence-electron chi connectivity index (χ1n) is 5.66. The van der Waals surface area contributed by atoms with E-state index in [2.05, 4.69) is 0 Å². The van der Waals surface area contributed by atoms with Gasteiger partial charge in [-0.15, -0.1) is 0 Å². The number of nitrogen functional groups attached to an aromatic ring is 1. The third-order valence-electron chi connectivity index (χ3n) is 3.32. The van der Waals surface area contributed by atoms with Crippen molar-refractivity contribution in [2.24, 2.45) is 0 Å². The lowest BCUT2D eigenvalue weighted by Gasteiger charge is -2.25. The molecule has 1 aromatic carbocycles. The van der Waals surface area contributed by atoms with E-state index in [0.29, 0.717) is 17.7 Å². The van der Waals surface area contributed by atoms with Crippen molar-refractivity contribution in [3.05, 3.63) is 23.8 Å². The highest BCUT2D eigenvalue weighted by molar-refractivity contribution is 7.91. The second-order valence-electron chi connectivity index (χ2n) is 4.55. The summed E-state index contributed by atoms with van der Waals surface area (Å²) in [6, 6.07) is 7.18. The van der Waals surface area contributed by atoms with Gasteiger partial charge in [-0.3, -0.25) is 0 Å². The zero-order valence-electron chi connectivity index (χ0n) is 10.1. The maximum atomic E-state index is 11.5. The molecule has 2 N–H and O–H groups in total. The minimum Gasteiger partial charge on any atom is -0.398 e. The average Bonchev–Trinajstić information content (AvgIpc) is 2.69. The quantitative estimate of drug-likeness (QED) is 0.798. The predicted molar refractivity (Wildman–Crippen MR) is 71.0 cm³/mol. The van der Waals surface area contributed by atoms with Gasteiger partial charge in [0.2, 0.25) is 0 Å². The number of benzene rings is 1. The van der Waals surface area contributed by atoms with E-state index in [1.54, 1.807) is 18.2 Å². The zero-order valence-corrected chi connectivity index (χ0v) is 10.9. The highest BCUT2D eigenvalue weighted by atomic mass is 32.2. The van der Waals surface area contributed by atoms with Gasteiger partial charge >= 0.3 is 0 Å². The molecule has 0 amide bonds. The topological polar surface area (TPSA) is 87.2 Å². The van der Waals surface area contributed by atoms with Gasteiger partial charge in [0.25, 0.3) is 0 Å². The summed E-state index contributed by atoms with van der Waals surface area (Å²) < 4.78 is 22.9. The van der Waals surface area contributed by atoms with Crippen molar-refractivity contribution < 1.29 is 8.42 Å². The van der Waals surface area contributed by atoms with E-state index >= 15 is 0 Å². The van der Waals surface area contributed by atoms with Gasteiger partial charge in [0, 0.05) is 24.5 Å². The molecule has 1 aliphatic rings. The van der Waals surface area contributed by atoms with E-state index in [1.807, 2.05) is 18.0 Å². The van der Waals surface area contributed by atoms with Crippen molar-refractivity contribution in [3.63, 3.8) is 0 Å². The van der Waals surface area contributed by atoms with Crippen LogP contribution >= 0.6 is 0 Å². The van der Waals surface area contributed by atoms with E-state index in [1.165, 1.54) is 0 Å². The van der Waals surface area contributed by atoms with Gasteiger partial charge in [0.05, 0.1) is 17.1 Å². The summed E-state index contributed by atoms with van der Waals surface area (Å²) in [6.45, 7) is 0. The van der Waals surface area contributed by atoms with Crippen LogP contribution in [0.3, 0.4) is 0 Å². The maximum Gasteiger partial charge on any atom is 0.152 e. The second kappa shape index (κ2) is 4.50. The number of nitrogens with two attached hydrogens (primary N) is 1. The van der Waals surface area contributed by atoms with E-state index in [4.69, 9.17) is 11.0 Å². The molecule has 18 heavy (non-hydrogen) atoms. The Morgan fingerprint density at radius 1 is 1.50 bits per heavy atom. The van der Waals surface area contributed by atoms with E-state index < -0.39 is 9.84 Å². The van der Waals surface area contributed by atoms with Crippen LogP contribution in [-0.4, -0.2) is 33.0 Å². The van der Waals surface area contributed by atoms with Crippen LogP contribution in [0.15, 0.2) is 18.2 Å². The number of rotatable bonds is 2. The van der Waals surface area contributed by atoms with Crippen LogP contribution in [0.1, 0.15) is 12.0 Å². The fraction of sp³-hybridized carbons (Fsp3) is 0.417. The first-order chi connectivity index (χ1) is 8.43. The van der Waals surface area contributed by atoms with Crippen LogP contribution in [0, 0.1) is 11.3 Å². The van der Waals surface area contributed by atoms with Crippen LogP contribution in [-0.2, 0) is 9.84 Å². The fourth-order valence-corrected chi connectivity index (χ4v) is 3.93. The van der Waals surface area contributed by atoms with E-state index in [9.17, 15) is 8.42 Å². The lowest BCUT2D eigenvalue weighted by molar-refractivity contribution is 0.601. The minimum atomic E-state index is -2.90. The largest absolute Gasteiger partial charge is 0.398 e. The van der Waals surface area contributed by atoms with Crippen molar-refractivity contribution in [3.8, 4) is 6.07 Å². The van der Waals surface area contributed by atoms with Gasteiger partial charge in [0.1, 0.15) is 6.07 Å². The zero-order chi connectivity index (χ0) is 13.3. The van der Waals surface area contributed by atoms with Gasteiger partial charge in [-0.2, -0.15) is 5.26 Å². The number of nitriles is 1. The minimum absolute atomic E-state index is 0.0230. The molecule has 6 heteroatoms. The van der Waals surface area contributed by atoms with Crippen molar-refractivity contribution >= 4 is 21.2 Å². The Balaban J connectivity index is 2.25. The smallest absolute Gasteiger partial charge is 0.152 e. The molecule has 0 spiro atoms. The molecule has 1 saturated heterocycles. The number of hydrogen-bond donors (Lipinski definition) is 1. The van der Waals surface area contributed by atoms with Crippen molar-refractivity contribution in [2.45, 2.75) is 12.5 Å². The molecule has 1 unspecified atom stereocenters. The Morgan fingerprint density at radius 3 is 2.78 bits per heavy atom. The second-order valence-corrected chi connectivity index (χ2v) is 6.78. The lowest BCUT2D eigenvalue weighted by Crippen LogP contribution is -2.32. The third kappa shape index (κ3) is 2.41. The Bertz CT molecular complexity index is 604. The molecular weight excluding hydrogens is 250 g/mol. The molecule has 2 rings (SSSR count). The SMILES string of the molecule is CN(c1ccc(N)c(C#N)c1)C1CCS(=O)(=O)C1. The number of anilines is 2. The molecular formula is C12H15N3O2S. The summed E-state index contributed by atoms with van der Waals surface area (Å²) in [6.07, 6.45) is 0.630. The lowest BCUT2D eigenvalue weighted by atomic mass is 10.1. The van der Waals surface area contributed by atoms with Crippen molar-refractivity contribution in [1.82, 2.24) is 0 Å². The molecule has 1 heterocycles. The summed E-state index contributed by atoms with van der Waals surface area (Å²) in [4.78, 5) is 1.91. The maximum absolute atomic E-state index is 11.5. The molecule has 1 atom stereocenters. The number of nitrogens with zero attached hydrogens (tertiary/aromatic N) is 2. The predicted octanol–water partition coefficient (Wildman–Crippen LogP) is 0.764. The van der Waals surface area contributed by atoms with Gasteiger partial charge < -0.3 is 10.6 Å². The van der Waals surface area contributed by atoms with Gasteiger partial charge in [0.15, 0.2) is 9.84 Å². The van der Waals surface area contributed by atoms with Crippen molar-refractivity contribution in [2.75, 3.05) is 29.2 Å². The molecule has 96 valence electrons. The van der Waals surface area contributed by atoms with Crippen molar-refractivity contribution in [1.29, 1.82) is 5.26 Å². The third-order valence-corrected chi connectivity index (χ3v) is 5.07. The van der Waals surface area contributed by atoms with Crippen LogP contribution < -0.4 is 10.6 Å². The summed E-state index contributed by atoms with van der Waals surface area (Å²) >= 11 is 0. The molecule has 0 saturated carbocycles. The standard InChI is InChI=1S/C12H15N3O2S/c1-15(11-4-5-18(16,17)8-11)10-2-3-12(14)9(6-10)7-13/h2-3,6,11H,4-5,8,14H2,1H3. The molecule has 0 bridgehead atoms. The molecule has 5 nitrogen and oxygen atoms in total. The summed E-state index contributed by atoms with van der Waals surface area (Å²) in [5, 5.41) is 8.93. The molecule has 0 aromatic heterocycles. The van der Waals surface area contributed by atoms with E-state index in [-0.39, 0.29) is 17.5 Å². The summed E-state index contributed by atoms with van der Waals surface area (Å²) in [7, 11) is -1.06. The highest BCUT2D eigenvalue weighted by Crippen LogP contribution is 2.25. The molecule has 0 radical (unpaired) electrons. The Morgan fingerprint density at radius 2 is 2.22 bits per heavy atom. The summed E-state index contributed by atoms with van der Waals surface area (Å²) in [5.41, 5.74) is 7.34. The number of sulfone groups is 1. The molecule has 0 aliphatic carbocycles. The summed E-state index contributed by atoms with van der Waals surface area (Å²) in [5.74, 6) is 0.415. The Hall–Kier alpha value is -1.74. The van der Waals surface area contributed by atoms with Gasteiger partial charge in [-0.1, -0.05) is 0 Å². The number of hydrogen-bond acceptors (Lipinski definition) is 5. The fourth-order valence-electron chi connectivity index (χ4n) is 2.15.